The first-order valence-electron chi connectivity index (χ1n) is 6.95. The Morgan fingerprint density at radius 3 is 2.65 bits per heavy atom. The second-order valence-corrected chi connectivity index (χ2v) is 5.35. The molecule has 0 saturated carbocycles. The molecule has 0 unspecified atom stereocenters. The van der Waals surface area contributed by atoms with Gasteiger partial charge in [-0.2, -0.15) is 5.10 Å². The number of carbonyl (C=O) groups is 1. The number of aromatic nitrogens is 2. The van der Waals surface area contributed by atoms with Crippen molar-refractivity contribution in [3.05, 3.63) is 52.8 Å². The number of benzene rings is 1. The first-order valence-corrected chi connectivity index (χ1v) is 6.95. The molecule has 3 heterocycles. The molecule has 5 nitrogen and oxygen atoms in total. The third kappa shape index (κ3) is 1.82. The molecule has 0 bridgehead atoms. The van der Waals surface area contributed by atoms with Crippen LogP contribution in [0.15, 0.2) is 30.3 Å². The summed E-state index contributed by atoms with van der Waals surface area (Å²) in [7, 11) is 0. The molecule has 0 radical (unpaired) electrons. The summed E-state index contributed by atoms with van der Waals surface area (Å²) in [5, 5.41) is 7.73. The van der Waals surface area contributed by atoms with Crippen molar-refractivity contribution in [3.63, 3.8) is 0 Å². The Kier molecular flexibility index (Phi) is 2.60. The highest BCUT2D eigenvalue weighted by atomic mass is 16.2. The van der Waals surface area contributed by atoms with Crippen LogP contribution >= 0.6 is 0 Å². The van der Waals surface area contributed by atoms with Gasteiger partial charge in [0.25, 0.3) is 5.91 Å². The number of fused-ring (bicyclic) bond motifs is 2. The summed E-state index contributed by atoms with van der Waals surface area (Å²) in [6, 6.07) is 10.1. The minimum Gasteiger partial charge on any atom is -0.329 e. The number of rotatable bonds is 1. The maximum atomic E-state index is 12.6. The van der Waals surface area contributed by atoms with E-state index in [-0.39, 0.29) is 5.91 Å². The lowest BCUT2D eigenvalue weighted by molar-refractivity contribution is 0.0744. The van der Waals surface area contributed by atoms with E-state index in [1.54, 1.807) is 0 Å². The fourth-order valence-electron chi connectivity index (χ4n) is 2.94. The first-order chi connectivity index (χ1) is 9.81. The van der Waals surface area contributed by atoms with E-state index in [0.29, 0.717) is 18.8 Å². The van der Waals surface area contributed by atoms with E-state index in [1.165, 1.54) is 11.1 Å². The van der Waals surface area contributed by atoms with Crippen LogP contribution in [0.4, 0.5) is 0 Å². The van der Waals surface area contributed by atoms with Crippen LogP contribution in [-0.4, -0.2) is 27.1 Å². The minimum absolute atomic E-state index is 0.0306. The van der Waals surface area contributed by atoms with Crippen LogP contribution in [0.1, 0.15) is 27.3 Å². The summed E-state index contributed by atoms with van der Waals surface area (Å²) < 4.78 is 1.94. The topological polar surface area (TPSA) is 50.2 Å². The smallest absolute Gasteiger partial charge is 0.274 e. The monoisotopic (exact) mass is 268 g/mol. The van der Waals surface area contributed by atoms with Crippen molar-refractivity contribution < 1.29 is 4.79 Å². The summed E-state index contributed by atoms with van der Waals surface area (Å²) in [6.45, 7) is 3.92. The lowest BCUT2D eigenvalue weighted by atomic mass is 10.1. The molecule has 1 aromatic heterocycles. The number of carbonyl (C=O) groups excluding carboxylic acids is 1. The third-order valence-corrected chi connectivity index (χ3v) is 4.02. The summed E-state index contributed by atoms with van der Waals surface area (Å²) in [5.74, 6) is 0.0306. The molecule has 0 aliphatic carbocycles. The van der Waals surface area contributed by atoms with Crippen molar-refractivity contribution in [2.75, 3.05) is 6.54 Å². The molecule has 0 saturated heterocycles. The van der Waals surface area contributed by atoms with Gasteiger partial charge in [-0.3, -0.25) is 9.48 Å². The van der Waals surface area contributed by atoms with Crippen LogP contribution in [0.5, 0.6) is 0 Å². The Bertz CT molecular complexity index is 628. The van der Waals surface area contributed by atoms with Gasteiger partial charge in [-0.25, -0.2) is 0 Å². The van der Waals surface area contributed by atoms with E-state index < -0.39 is 0 Å². The number of hydrogen-bond donors (Lipinski definition) is 1. The average molecular weight is 268 g/mol. The van der Waals surface area contributed by atoms with Gasteiger partial charge in [-0.15, -0.1) is 0 Å². The maximum absolute atomic E-state index is 12.6. The Balaban J connectivity index is 1.58. The summed E-state index contributed by atoms with van der Waals surface area (Å²) in [4.78, 5) is 14.4. The number of amides is 1. The molecule has 0 spiro atoms. The van der Waals surface area contributed by atoms with Crippen LogP contribution in [-0.2, 0) is 26.2 Å². The van der Waals surface area contributed by atoms with Gasteiger partial charge in [0.05, 0.1) is 12.2 Å². The van der Waals surface area contributed by atoms with E-state index in [1.807, 2.05) is 27.8 Å². The van der Waals surface area contributed by atoms with Gasteiger partial charge in [0.1, 0.15) is 0 Å². The Labute approximate surface area is 117 Å². The van der Waals surface area contributed by atoms with Crippen molar-refractivity contribution in [1.82, 2.24) is 20.0 Å². The summed E-state index contributed by atoms with van der Waals surface area (Å²) >= 11 is 0. The molecule has 5 heteroatoms. The fourth-order valence-corrected chi connectivity index (χ4v) is 2.94. The van der Waals surface area contributed by atoms with Crippen LogP contribution in [0.25, 0.3) is 0 Å². The van der Waals surface area contributed by atoms with Crippen molar-refractivity contribution >= 4 is 5.91 Å². The minimum atomic E-state index is 0.0306. The van der Waals surface area contributed by atoms with Crippen molar-refractivity contribution in [2.24, 2.45) is 0 Å². The largest absolute Gasteiger partial charge is 0.329 e. The number of nitrogens with zero attached hydrogens (tertiary/aromatic N) is 3. The van der Waals surface area contributed by atoms with Crippen LogP contribution in [0.3, 0.4) is 0 Å². The molecule has 2 aliphatic heterocycles. The van der Waals surface area contributed by atoms with Crippen LogP contribution in [0, 0.1) is 0 Å². The van der Waals surface area contributed by atoms with E-state index in [0.717, 1.165) is 25.3 Å². The summed E-state index contributed by atoms with van der Waals surface area (Å²) in [6.07, 6.45) is 0. The Hall–Kier alpha value is -2.14. The molecule has 2 aliphatic rings. The molecular formula is C15H16N4O. The zero-order chi connectivity index (χ0) is 13.5. The van der Waals surface area contributed by atoms with Gasteiger partial charge >= 0.3 is 0 Å². The van der Waals surface area contributed by atoms with Gasteiger partial charge in [0.2, 0.25) is 0 Å². The van der Waals surface area contributed by atoms with E-state index in [4.69, 9.17) is 0 Å². The third-order valence-electron chi connectivity index (χ3n) is 4.02. The second-order valence-electron chi connectivity index (χ2n) is 5.35. The van der Waals surface area contributed by atoms with E-state index in [9.17, 15) is 4.79 Å². The van der Waals surface area contributed by atoms with Gasteiger partial charge in [0, 0.05) is 26.2 Å². The highest BCUT2D eigenvalue weighted by Gasteiger charge is 2.26. The van der Waals surface area contributed by atoms with Gasteiger partial charge in [0.15, 0.2) is 5.69 Å². The van der Waals surface area contributed by atoms with Crippen molar-refractivity contribution in [1.29, 1.82) is 0 Å². The molecule has 20 heavy (non-hydrogen) atoms. The van der Waals surface area contributed by atoms with Crippen molar-refractivity contribution in [3.8, 4) is 0 Å². The Morgan fingerprint density at radius 2 is 1.95 bits per heavy atom. The Morgan fingerprint density at radius 1 is 1.20 bits per heavy atom. The van der Waals surface area contributed by atoms with Gasteiger partial charge < -0.3 is 10.2 Å². The molecule has 0 atom stereocenters. The lowest BCUT2D eigenvalue weighted by Crippen LogP contribution is -2.28. The molecule has 2 aromatic rings. The second kappa shape index (κ2) is 4.45. The zero-order valence-corrected chi connectivity index (χ0v) is 11.2. The maximum Gasteiger partial charge on any atom is 0.274 e. The molecular weight excluding hydrogens is 252 g/mol. The molecule has 1 N–H and O–H groups in total. The normalized spacial score (nSPS) is 16.9. The quantitative estimate of drug-likeness (QED) is 0.844. The van der Waals surface area contributed by atoms with Crippen LogP contribution < -0.4 is 5.32 Å². The van der Waals surface area contributed by atoms with Gasteiger partial charge in [-0.05, 0) is 17.2 Å². The highest BCUT2D eigenvalue weighted by Crippen LogP contribution is 2.24. The molecule has 0 fully saturated rings. The van der Waals surface area contributed by atoms with Gasteiger partial charge in [-0.1, -0.05) is 24.3 Å². The standard InChI is InChI=1S/C15H16N4O/c20-15(14-7-13-8-16-5-6-19(13)17-14)18-9-11-3-1-2-4-12(11)10-18/h1-4,7,16H,5-6,8-10H2. The zero-order valence-electron chi connectivity index (χ0n) is 11.2. The summed E-state index contributed by atoms with van der Waals surface area (Å²) in [5.41, 5.74) is 4.14. The molecule has 1 aromatic carbocycles. The van der Waals surface area contributed by atoms with Crippen molar-refractivity contribution in [2.45, 2.75) is 26.2 Å². The first kappa shape index (κ1) is 11.7. The number of nitrogens with one attached hydrogen (secondary N) is 1. The van der Waals surface area contributed by atoms with E-state index >= 15 is 0 Å². The SMILES string of the molecule is O=C(c1cc2n(n1)CCNC2)N1Cc2ccccc2C1. The number of hydrogen-bond acceptors (Lipinski definition) is 3. The molecule has 102 valence electrons. The highest BCUT2D eigenvalue weighted by molar-refractivity contribution is 5.92. The fraction of sp³-hybridized carbons (Fsp3) is 0.333. The lowest BCUT2D eigenvalue weighted by Gasteiger charge is -2.14. The van der Waals surface area contributed by atoms with Crippen LogP contribution in [0.2, 0.25) is 0 Å². The predicted octanol–water partition coefficient (Wildman–Crippen LogP) is 1.14. The molecule has 4 rings (SSSR count). The van der Waals surface area contributed by atoms with E-state index in [2.05, 4.69) is 22.5 Å². The average Bonchev–Trinajstić information content (AvgIpc) is 3.10. The predicted molar refractivity (Wildman–Crippen MR) is 74.0 cm³/mol. The molecule has 1 amide bonds.